The van der Waals surface area contributed by atoms with Gasteiger partial charge in [-0.1, -0.05) is 18.1 Å². The molecule has 11 heavy (non-hydrogen) atoms. The van der Waals surface area contributed by atoms with Crippen molar-refractivity contribution in [3.8, 4) is 18.1 Å². The molecule has 0 atom stereocenters. The van der Waals surface area contributed by atoms with Gasteiger partial charge in [0.15, 0.2) is 0 Å². The Hall–Kier alpha value is -1.46. The van der Waals surface area contributed by atoms with Crippen molar-refractivity contribution in [1.29, 1.82) is 0 Å². The Balaban J connectivity index is 3.27. The molecule has 0 unspecified atom stereocenters. The van der Waals surface area contributed by atoms with Crippen LogP contribution in [0, 0.1) is 19.0 Å². The minimum atomic E-state index is 0.00954. The third-order valence-corrected chi connectivity index (χ3v) is 1.36. The molecular weight excluding hydrogens is 140 g/mol. The number of hydrogen-bond acceptors (Lipinski definition) is 2. The molecule has 1 aromatic rings. The zero-order valence-electron chi connectivity index (χ0n) is 5.78. The second-order valence-electron chi connectivity index (χ2n) is 2.01. The molecular formula is C9H7O2. The Morgan fingerprint density at radius 3 is 2.64 bits per heavy atom. The zero-order chi connectivity index (χ0) is 8.27. The van der Waals surface area contributed by atoms with Gasteiger partial charge in [0, 0.05) is 5.56 Å². The van der Waals surface area contributed by atoms with Crippen LogP contribution < -0.4 is 0 Å². The predicted molar refractivity (Wildman–Crippen MR) is 41.4 cm³/mol. The van der Waals surface area contributed by atoms with Gasteiger partial charge >= 0.3 is 0 Å². The van der Waals surface area contributed by atoms with E-state index in [-0.39, 0.29) is 5.75 Å². The molecule has 0 aliphatic carbocycles. The molecule has 0 aliphatic rings. The van der Waals surface area contributed by atoms with Crippen molar-refractivity contribution in [3.63, 3.8) is 0 Å². The average molecular weight is 147 g/mol. The highest BCUT2D eigenvalue weighted by Crippen LogP contribution is 2.19. The lowest BCUT2D eigenvalue weighted by atomic mass is 10.1. The Kier molecular flexibility index (Phi) is 2.15. The fourth-order valence-corrected chi connectivity index (χ4v) is 0.822. The van der Waals surface area contributed by atoms with Crippen molar-refractivity contribution in [1.82, 2.24) is 0 Å². The molecule has 0 aromatic heterocycles. The van der Waals surface area contributed by atoms with Gasteiger partial charge in [0.25, 0.3) is 0 Å². The highest BCUT2D eigenvalue weighted by atomic mass is 16.3. The van der Waals surface area contributed by atoms with Crippen LogP contribution in [0.15, 0.2) is 18.2 Å². The van der Waals surface area contributed by atoms with E-state index in [0.29, 0.717) is 11.1 Å². The van der Waals surface area contributed by atoms with E-state index in [2.05, 4.69) is 5.92 Å². The number of terminal acetylenes is 1. The van der Waals surface area contributed by atoms with E-state index in [1.165, 1.54) is 6.07 Å². The van der Waals surface area contributed by atoms with Crippen LogP contribution in [0.4, 0.5) is 0 Å². The molecule has 55 valence electrons. The van der Waals surface area contributed by atoms with Gasteiger partial charge in [-0.3, -0.25) is 0 Å². The molecule has 2 heteroatoms. The lowest BCUT2D eigenvalue weighted by Gasteiger charge is -2.00. The van der Waals surface area contributed by atoms with Crippen molar-refractivity contribution in [2.45, 2.75) is 0 Å². The summed E-state index contributed by atoms with van der Waals surface area (Å²) in [6, 6.07) is 4.70. The number of aliphatic hydroxyl groups is 1. The highest BCUT2D eigenvalue weighted by Gasteiger charge is 2.02. The summed E-state index contributed by atoms with van der Waals surface area (Å²) < 4.78 is 0. The van der Waals surface area contributed by atoms with Crippen LogP contribution in [0.3, 0.4) is 0 Å². The molecule has 0 bridgehead atoms. The first-order chi connectivity index (χ1) is 5.29. The maximum absolute atomic E-state index is 9.15. The molecule has 1 radical (unpaired) electrons. The van der Waals surface area contributed by atoms with Crippen molar-refractivity contribution in [3.05, 3.63) is 35.9 Å². The quantitative estimate of drug-likeness (QED) is 0.587. The number of benzene rings is 1. The molecule has 0 fully saturated rings. The van der Waals surface area contributed by atoms with E-state index in [0.717, 1.165) is 6.61 Å². The maximum Gasteiger partial charge on any atom is 0.131 e. The number of aromatic hydroxyl groups is 1. The fraction of sp³-hybridized carbons (Fsp3) is 0. The summed E-state index contributed by atoms with van der Waals surface area (Å²) in [4.78, 5) is 0. The third-order valence-electron chi connectivity index (χ3n) is 1.36. The van der Waals surface area contributed by atoms with Crippen LogP contribution in [0.1, 0.15) is 11.1 Å². The van der Waals surface area contributed by atoms with Crippen LogP contribution in [-0.4, -0.2) is 10.2 Å². The predicted octanol–water partition coefficient (Wildman–Crippen LogP) is 1.26. The Bertz CT molecular complexity index is 297. The molecule has 2 N–H and O–H groups in total. The lowest BCUT2D eigenvalue weighted by Crippen LogP contribution is -1.86. The van der Waals surface area contributed by atoms with Crippen LogP contribution in [0.5, 0.6) is 5.75 Å². The normalized spacial score (nSPS) is 9.09. The zero-order valence-corrected chi connectivity index (χ0v) is 5.78. The summed E-state index contributed by atoms with van der Waals surface area (Å²) in [5, 5.41) is 17.8. The Morgan fingerprint density at radius 2 is 2.18 bits per heavy atom. The monoisotopic (exact) mass is 147 g/mol. The molecule has 0 aliphatic heterocycles. The van der Waals surface area contributed by atoms with E-state index in [1.807, 2.05) is 0 Å². The number of rotatable bonds is 1. The lowest BCUT2D eigenvalue weighted by molar-refractivity contribution is 0.412. The molecule has 0 saturated heterocycles. The van der Waals surface area contributed by atoms with Gasteiger partial charge in [-0.2, -0.15) is 0 Å². The summed E-state index contributed by atoms with van der Waals surface area (Å²) in [6.45, 7) is 0.870. The van der Waals surface area contributed by atoms with Crippen molar-refractivity contribution in [2.75, 3.05) is 0 Å². The van der Waals surface area contributed by atoms with Gasteiger partial charge in [-0.15, -0.1) is 6.42 Å². The second-order valence-corrected chi connectivity index (χ2v) is 2.01. The van der Waals surface area contributed by atoms with Crippen LogP contribution >= 0.6 is 0 Å². The molecule has 0 saturated carbocycles. The van der Waals surface area contributed by atoms with Gasteiger partial charge in [0.05, 0.1) is 5.56 Å². The minimum absolute atomic E-state index is 0.00954. The second kappa shape index (κ2) is 3.09. The summed E-state index contributed by atoms with van der Waals surface area (Å²) in [5.74, 6) is 2.28. The summed E-state index contributed by atoms with van der Waals surface area (Å²) in [6.07, 6.45) is 5.09. The maximum atomic E-state index is 9.15. The largest absolute Gasteiger partial charge is 0.507 e. The number of aliphatic hydroxyl groups excluding tert-OH is 1. The summed E-state index contributed by atoms with van der Waals surface area (Å²) in [5.41, 5.74) is 0.766. The van der Waals surface area contributed by atoms with Crippen molar-refractivity contribution in [2.24, 2.45) is 0 Å². The van der Waals surface area contributed by atoms with Crippen molar-refractivity contribution < 1.29 is 10.2 Å². The Labute approximate surface area is 65.1 Å². The van der Waals surface area contributed by atoms with E-state index < -0.39 is 0 Å². The molecule has 0 amide bonds. The van der Waals surface area contributed by atoms with Gasteiger partial charge in [-0.25, -0.2) is 0 Å². The van der Waals surface area contributed by atoms with Gasteiger partial charge in [-0.05, 0) is 6.07 Å². The van der Waals surface area contributed by atoms with E-state index >= 15 is 0 Å². The summed E-state index contributed by atoms with van der Waals surface area (Å²) in [7, 11) is 0. The number of hydrogen-bond donors (Lipinski definition) is 2. The summed E-state index contributed by atoms with van der Waals surface area (Å²) >= 11 is 0. The highest BCUT2D eigenvalue weighted by molar-refractivity contribution is 5.51. The van der Waals surface area contributed by atoms with E-state index in [1.54, 1.807) is 12.1 Å². The topological polar surface area (TPSA) is 40.5 Å². The SMILES string of the molecule is C#Cc1c(O)cccc1[CH]O. The fourth-order valence-electron chi connectivity index (χ4n) is 0.822. The smallest absolute Gasteiger partial charge is 0.131 e. The van der Waals surface area contributed by atoms with Gasteiger partial charge < -0.3 is 10.2 Å². The first-order valence-corrected chi connectivity index (χ1v) is 3.05. The molecule has 1 aromatic carbocycles. The first kappa shape index (κ1) is 7.64. The molecule has 0 spiro atoms. The van der Waals surface area contributed by atoms with Crippen LogP contribution in [0.2, 0.25) is 0 Å². The van der Waals surface area contributed by atoms with Gasteiger partial charge in [0.1, 0.15) is 12.4 Å². The standard InChI is InChI=1S/C9H7O2/c1-2-8-7(6-10)4-3-5-9(8)11/h1,3-6,10-11H. The van der Waals surface area contributed by atoms with Crippen molar-refractivity contribution >= 4 is 0 Å². The molecule has 1 rings (SSSR count). The minimum Gasteiger partial charge on any atom is -0.507 e. The van der Waals surface area contributed by atoms with E-state index in [4.69, 9.17) is 16.6 Å². The van der Waals surface area contributed by atoms with E-state index in [9.17, 15) is 0 Å². The first-order valence-electron chi connectivity index (χ1n) is 3.05. The molecule has 2 nitrogen and oxygen atoms in total. The Morgan fingerprint density at radius 1 is 1.45 bits per heavy atom. The number of phenols is 1. The molecule has 0 heterocycles. The van der Waals surface area contributed by atoms with Crippen LogP contribution in [0.25, 0.3) is 0 Å². The van der Waals surface area contributed by atoms with Crippen LogP contribution in [-0.2, 0) is 0 Å². The van der Waals surface area contributed by atoms with Gasteiger partial charge in [0.2, 0.25) is 0 Å². The number of phenolic OH excluding ortho intramolecular Hbond substituents is 1. The average Bonchev–Trinajstić information content (AvgIpc) is 2.04. The third kappa shape index (κ3) is 1.34.